The highest BCUT2D eigenvalue weighted by molar-refractivity contribution is 6.02. The van der Waals surface area contributed by atoms with Crippen LogP contribution in [0.3, 0.4) is 0 Å². The van der Waals surface area contributed by atoms with Gasteiger partial charge in [0.1, 0.15) is 0 Å². The van der Waals surface area contributed by atoms with E-state index in [9.17, 15) is 9.59 Å². The summed E-state index contributed by atoms with van der Waals surface area (Å²) < 4.78 is 5.93. The minimum absolute atomic E-state index is 0.0390. The highest BCUT2D eigenvalue weighted by Gasteiger charge is 2.23. The van der Waals surface area contributed by atoms with Crippen molar-refractivity contribution in [3.8, 4) is 5.82 Å². The van der Waals surface area contributed by atoms with Crippen molar-refractivity contribution in [3.05, 3.63) is 41.2 Å². The van der Waals surface area contributed by atoms with Crippen LogP contribution in [0.15, 0.2) is 34.0 Å². The molecule has 2 aromatic heterocycles. The van der Waals surface area contributed by atoms with Gasteiger partial charge in [-0.1, -0.05) is 30.7 Å². The second kappa shape index (κ2) is 8.94. The topological polar surface area (TPSA) is 166 Å². The third-order valence-corrected chi connectivity index (χ3v) is 4.09. The smallest absolute Gasteiger partial charge is 0.293 e. The van der Waals surface area contributed by atoms with Crippen molar-refractivity contribution in [1.29, 1.82) is 0 Å². The van der Waals surface area contributed by atoms with Gasteiger partial charge < -0.3 is 11.1 Å². The zero-order valence-corrected chi connectivity index (χ0v) is 16.7. The quantitative estimate of drug-likeness (QED) is 0.386. The molecule has 0 radical (unpaired) electrons. The van der Waals surface area contributed by atoms with Crippen molar-refractivity contribution in [3.63, 3.8) is 0 Å². The molecule has 0 spiro atoms. The molecule has 2 amide bonds. The van der Waals surface area contributed by atoms with Gasteiger partial charge in [-0.3, -0.25) is 9.59 Å². The van der Waals surface area contributed by atoms with E-state index in [0.717, 1.165) is 12.0 Å². The number of hydrogen-bond acceptors (Lipinski definition) is 9. The van der Waals surface area contributed by atoms with E-state index in [1.807, 2.05) is 13.0 Å². The number of carbonyl (C=O) groups excluding carboxylic acids is 2. The lowest BCUT2D eigenvalue weighted by atomic mass is 10.1. The van der Waals surface area contributed by atoms with Crippen LogP contribution in [0, 0.1) is 0 Å². The van der Waals surface area contributed by atoms with E-state index in [-0.39, 0.29) is 23.2 Å². The monoisotopic (exact) mass is 411 g/mol. The molecular formula is C18H21N9O3. The van der Waals surface area contributed by atoms with Crippen molar-refractivity contribution in [1.82, 2.24) is 30.7 Å². The van der Waals surface area contributed by atoms with Gasteiger partial charge in [0.25, 0.3) is 5.91 Å². The molecule has 1 aromatic carbocycles. The van der Waals surface area contributed by atoms with Crippen LogP contribution in [0.5, 0.6) is 0 Å². The molecule has 30 heavy (non-hydrogen) atoms. The van der Waals surface area contributed by atoms with Gasteiger partial charge in [0, 0.05) is 12.6 Å². The third-order valence-electron chi connectivity index (χ3n) is 4.09. The average Bonchev–Trinajstić information content (AvgIpc) is 3.31. The Balaban J connectivity index is 1.81. The maximum Gasteiger partial charge on any atom is 0.293 e. The summed E-state index contributed by atoms with van der Waals surface area (Å²) in [7, 11) is 0. The van der Waals surface area contributed by atoms with E-state index < -0.39 is 5.91 Å². The lowest BCUT2D eigenvalue weighted by Gasteiger charge is -2.06. The zero-order chi connectivity index (χ0) is 21.7. The van der Waals surface area contributed by atoms with E-state index in [2.05, 4.69) is 41.1 Å². The van der Waals surface area contributed by atoms with Crippen LogP contribution in [0.2, 0.25) is 0 Å². The second-order valence-electron chi connectivity index (χ2n) is 6.42. The van der Waals surface area contributed by atoms with Crippen molar-refractivity contribution in [2.75, 3.05) is 11.1 Å². The van der Waals surface area contributed by atoms with Crippen LogP contribution in [0.25, 0.3) is 5.82 Å². The predicted octanol–water partition coefficient (Wildman–Crippen LogP) is 1.30. The maximum absolute atomic E-state index is 12.7. The summed E-state index contributed by atoms with van der Waals surface area (Å²) in [6.45, 7) is 5.12. The Hall–Kier alpha value is -4.09. The fourth-order valence-corrected chi connectivity index (χ4v) is 2.72. The minimum Gasteiger partial charge on any atom is -0.378 e. The molecule has 0 unspecified atom stereocenters. The standard InChI is InChI=1S/C18H21N9O3/c1-4-6-14-15(22-26-27(14)17-16(19)24-30-25-17)18(29)23-21-10(2)12-7-5-8-13(9-12)20-11(3)28/h5,7-9H,4,6H2,1-3H3,(H2,19,24)(H,20,28)(H,23,29)/b21-10-. The Morgan fingerprint density at radius 1 is 1.27 bits per heavy atom. The van der Waals surface area contributed by atoms with Gasteiger partial charge >= 0.3 is 0 Å². The van der Waals surface area contributed by atoms with Gasteiger partial charge in [-0.15, -0.1) is 5.10 Å². The maximum atomic E-state index is 12.7. The Labute approximate surface area is 171 Å². The van der Waals surface area contributed by atoms with Crippen molar-refractivity contribution in [2.45, 2.75) is 33.6 Å². The van der Waals surface area contributed by atoms with Crippen molar-refractivity contribution < 1.29 is 14.2 Å². The van der Waals surface area contributed by atoms with E-state index >= 15 is 0 Å². The van der Waals surface area contributed by atoms with Crippen LogP contribution in [0.4, 0.5) is 11.5 Å². The molecule has 0 saturated heterocycles. The van der Waals surface area contributed by atoms with Gasteiger partial charge in [0.15, 0.2) is 5.69 Å². The molecule has 12 heteroatoms. The number of amides is 2. The predicted molar refractivity (Wildman–Crippen MR) is 108 cm³/mol. The number of nitrogens with zero attached hydrogens (tertiary/aromatic N) is 6. The summed E-state index contributed by atoms with van der Waals surface area (Å²) in [5.41, 5.74) is 10.7. The molecule has 0 aliphatic heterocycles. The van der Waals surface area contributed by atoms with Crippen molar-refractivity contribution in [2.24, 2.45) is 5.10 Å². The molecule has 0 aliphatic rings. The number of nitrogens with one attached hydrogen (secondary N) is 2. The number of aromatic nitrogens is 5. The number of anilines is 2. The molecule has 3 aromatic rings. The number of nitrogens with two attached hydrogens (primary N) is 1. The number of carbonyl (C=O) groups is 2. The first-order valence-electron chi connectivity index (χ1n) is 9.16. The molecule has 0 aliphatic carbocycles. The van der Waals surface area contributed by atoms with Crippen molar-refractivity contribution >= 4 is 29.0 Å². The molecule has 4 N–H and O–H groups in total. The first kappa shape index (κ1) is 20.6. The SMILES string of the molecule is CCCc1c(C(=O)N/N=C(/C)c2cccc(NC(C)=O)c2)nnn1-c1nonc1N. The first-order chi connectivity index (χ1) is 14.4. The highest BCUT2D eigenvalue weighted by Crippen LogP contribution is 2.17. The molecular weight excluding hydrogens is 390 g/mol. The lowest BCUT2D eigenvalue weighted by Crippen LogP contribution is -2.21. The van der Waals surface area contributed by atoms with Gasteiger partial charge in [0.2, 0.25) is 17.5 Å². The number of benzene rings is 1. The number of hydrogen-bond donors (Lipinski definition) is 3. The molecule has 2 heterocycles. The van der Waals surface area contributed by atoms with Gasteiger partial charge in [-0.05, 0) is 41.4 Å². The van der Waals surface area contributed by atoms with Crippen LogP contribution in [-0.4, -0.2) is 42.8 Å². The molecule has 0 atom stereocenters. The number of rotatable bonds is 7. The first-order valence-corrected chi connectivity index (χ1v) is 9.16. The molecule has 0 saturated carbocycles. The third kappa shape index (κ3) is 4.48. The fraction of sp³-hybridized carbons (Fsp3) is 0.278. The number of nitrogen functional groups attached to an aromatic ring is 1. The Bertz CT molecular complexity index is 1100. The Morgan fingerprint density at radius 2 is 2.07 bits per heavy atom. The zero-order valence-electron chi connectivity index (χ0n) is 16.7. The van der Waals surface area contributed by atoms with Gasteiger partial charge in [-0.25, -0.2) is 10.1 Å². The van der Waals surface area contributed by atoms with Gasteiger partial charge in [-0.2, -0.15) is 9.78 Å². The summed E-state index contributed by atoms with van der Waals surface area (Å²) >= 11 is 0. The fourth-order valence-electron chi connectivity index (χ4n) is 2.72. The van der Waals surface area contributed by atoms with Crippen LogP contribution >= 0.6 is 0 Å². The number of hydrazone groups is 1. The second-order valence-corrected chi connectivity index (χ2v) is 6.42. The summed E-state index contributed by atoms with van der Waals surface area (Å²) in [6, 6.07) is 7.11. The minimum atomic E-state index is -0.530. The van der Waals surface area contributed by atoms with Gasteiger partial charge in [0.05, 0.1) is 11.4 Å². The van der Waals surface area contributed by atoms with Crippen LogP contribution in [0.1, 0.15) is 48.9 Å². The van der Waals surface area contributed by atoms with Crippen LogP contribution in [-0.2, 0) is 11.2 Å². The molecule has 12 nitrogen and oxygen atoms in total. The summed E-state index contributed by atoms with van der Waals surface area (Å²) in [6.07, 6.45) is 1.24. The van der Waals surface area contributed by atoms with E-state index in [1.165, 1.54) is 11.6 Å². The van der Waals surface area contributed by atoms with Crippen LogP contribution < -0.4 is 16.5 Å². The Morgan fingerprint density at radius 3 is 2.73 bits per heavy atom. The summed E-state index contributed by atoms with van der Waals surface area (Å²) in [4.78, 5) is 23.9. The molecule has 3 rings (SSSR count). The molecule has 156 valence electrons. The lowest BCUT2D eigenvalue weighted by molar-refractivity contribution is -0.114. The summed E-state index contributed by atoms with van der Waals surface area (Å²) in [5.74, 6) is -0.502. The highest BCUT2D eigenvalue weighted by atomic mass is 16.6. The van der Waals surface area contributed by atoms with E-state index in [0.29, 0.717) is 23.5 Å². The molecule has 0 fully saturated rings. The average molecular weight is 411 g/mol. The largest absolute Gasteiger partial charge is 0.378 e. The summed E-state index contributed by atoms with van der Waals surface area (Å²) in [5, 5.41) is 22.0. The normalized spacial score (nSPS) is 11.4. The van der Waals surface area contributed by atoms with E-state index in [4.69, 9.17) is 5.73 Å². The van der Waals surface area contributed by atoms with E-state index in [1.54, 1.807) is 25.1 Å². The molecule has 0 bridgehead atoms. The Kier molecular flexibility index (Phi) is 6.15.